The molecule has 1 aliphatic rings. The third-order valence-corrected chi connectivity index (χ3v) is 4.52. The van der Waals surface area contributed by atoms with E-state index in [1.54, 1.807) is 11.8 Å². The first kappa shape index (κ1) is 20.1. The Morgan fingerprint density at radius 2 is 1.95 bits per heavy atom. The summed E-state index contributed by atoms with van der Waals surface area (Å²) in [5.41, 5.74) is 1.38. The molecule has 1 atom stereocenters. The molecule has 1 fully saturated rings. The van der Waals surface area contributed by atoms with Crippen LogP contribution >= 0.6 is 11.8 Å². The number of rotatable bonds is 6. The topological polar surface area (TPSA) is 15.3 Å². The van der Waals surface area contributed by atoms with Gasteiger partial charge in [-0.15, -0.1) is 11.8 Å². The van der Waals surface area contributed by atoms with Crippen molar-refractivity contribution in [2.45, 2.75) is 37.2 Å². The van der Waals surface area contributed by atoms with Crippen molar-refractivity contribution in [2.24, 2.45) is 0 Å². The molecule has 5 heteroatoms. The van der Waals surface area contributed by atoms with Gasteiger partial charge in [0.25, 0.3) is 0 Å². The second-order valence-electron chi connectivity index (χ2n) is 4.90. The lowest BCUT2D eigenvalue weighted by atomic mass is 10.2. The van der Waals surface area contributed by atoms with Gasteiger partial charge < -0.3 is 30.1 Å². The number of nitrogens with one attached hydrogen (secondary N) is 1. The molecule has 1 unspecified atom stereocenters. The summed E-state index contributed by atoms with van der Waals surface area (Å²) in [6.45, 7) is 6.85. The second kappa shape index (κ2) is 10.7. The van der Waals surface area contributed by atoms with Gasteiger partial charge in [-0.25, -0.2) is 0 Å². The van der Waals surface area contributed by atoms with Crippen LogP contribution < -0.4 is 30.1 Å². The fourth-order valence-corrected chi connectivity index (χ4v) is 3.08. The van der Waals surface area contributed by atoms with Crippen molar-refractivity contribution < 1.29 is 24.8 Å². The molecular formula is C15H24Cl2N2S-2. The fourth-order valence-electron chi connectivity index (χ4n) is 2.67. The molecule has 0 spiro atoms. The highest BCUT2D eigenvalue weighted by Gasteiger charge is 2.21. The third kappa shape index (κ3) is 5.82. The lowest BCUT2D eigenvalue weighted by Gasteiger charge is -2.23. The summed E-state index contributed by atoms with van der Waals surface area (Å²) in [6.07, 6.45) is 4.83. The average molecular weight is 335 g/mol. The van der Waals surface area contributed by atoms with E-state index >= 15 is 0 Å². The highest BCUT2D eigenvalue weighted by atomic mass is 35.5. The van der Waals surface area contributed by atoms with Crippen LogP contribution in [0.5, 0.6) is 0 Å². The highest BCUT2D eigenvalue weighted by molar-refractivity contribution is 7.98. The van der Waals surface area contributed by atoms with Crippen LogP contribution in [0, 0.1) is 0 Å². The zero-order valence-electron chi connectivity index (χ0n) is 12.2. The molecule has 1 heterocycles. The van der Waals surface area contributed by atoms with Gasteiger partial charge >= 0.3 is 0 Å². The van der Waals surface area contributed by atoms with Gasteiger partial charge in [-0.2, -0.15) is 0 Å². The summed E-state index contributed by atoms with van der Waals surface area (Å²) in [6, 6.07) is 9.61. The van der Waals surface area contributed by atoms with Gasteiger partial charge in [0, 0.05) is 24.0 Å². The molecule has 2 nitrogen and oxygen atoms in total. The lowest BCUT2D eigenvalue weighted by molar-refractivity contribution is -0.00100. The van der Waals surface area contributed by atoms with Gasteiger partial charge in [0.05, 0.1) is 0 Å². The van der Waals surface area contributed by atoms with Gasteiger partial charge in [0.1, 0.15) is 0 Å². The average Bonchev–Trinajstić information content (AvgIpc) is 2.87. The largest absolute Gasteiger partial charge is 1.00 e. The van der Waals surface area contributed by atoms with Crippen LogP contribution in [-0.4, -0.2) is 36.8 Å². The summed E-state index contributed by atoms with van der Waals surface area (Å²) in [5, 5.41) is 3.60. The van der Waals surface area contributed by atoms with Crippen LogP contribution in [0.15, 0.2) is 29.2 Å². The van der Waals surface area contributed by atoms with E-state index in [1.807, 2.05) is 0 Å². The number of hydrogen-bond donors (Lipinski definition) is 1. The van der Waals surface area contributed by atoms with Crippen molar-refractivity contribution in [2.75, 3.05) is 25.9 Å². The SMILES string of the molecule is CCN1CCCC1CNCc1ccc(SC)cc1.[Cl-].[Cl-]. The molecule has 0 bridgehead atoms. The number of nitrogens with zero attached hydrogens (tertiary/aromatic N) is 1. The van der Waals surface area contributed by atoms with E-state index in [2.05, 4.69) is 47.7 Å². The molecule has 1 aliphatic heterocycles. The van der Waals surface area contributed by atoms with Crippen LogP contribution in [-0.2, 0) is 6.54 Å². The maximum absolute atomic E-state index is 3.60. The molecule has 0 aromatic heterocycles. The van der Waals surface area contributed by atoms with Crippen molar-refractivity contribution in [1.29, 1.82) is 0 Å². The number of halogens is 2. The number of likely N-dealkylation sites (tertiary alicyclic amines) is 1. The van der Waals surface area contributed by atoms with E-state index in [0.29, 0.717) is 0 Å². The standard InChI is InChI=1S/C15H24N2S.2ClH/c1-3-17-10-4-5-14(17)12-16-11-13-6-8-15(18-2)9-7-13;;/h6-9,14,16H,3-5,10-12H2,1-2H3;2*1H/p-2. The minimum absolute atomic E-state index is 0. The minimum Gasteiger partial charge on any atom is -1.00 e. The maximum atomic E-state index is 3.60. The maximum Gasteiger partial charge on any atom is 0.0221 e. The quantitative estimate of drug-likeness (QED) is 0.558. The van der Waals surface area contributed by atoms with Crippen LogP contribution in [0.4, 0.5) is 0 Å². The number of thioether (sulfide) groups is 1. The zero-order chi connectivity index (χ0) is 12.8. The van der Waals surface area contributed by atoms with Crippen molar-refractivity contribution >= 4 is 11.8 Å². The summed E-state index contributed by atoms with van der Waals surface area (Å²) in [7, 11) is 0. The van der Waals surface area contributed by atoms with Gasteiger partial charge in [-0.05, 0) is 49.9 Å². The van der Waals surface area contributed by atoms with Crippen LogP contribution in [0.2, 0.25) is 0 Å². The molecule has 20 heavy (non-hydrogen) atoms. The van der Waals surface area contributed by atoms with Gasteiger partial charge in [0.15, 0.2) is 0 Å². The van der Waals surface area contributed by atoms with E-state index < -0.39 is 0 Å². The molecule has 0 amide bonds. The summed E-state index contributed by atoms with van der Waals surface area (Å²) < 4.78 is 0. The zero-order valence-corrected chi connectivity index (χ0v) is 14.6. The van der Waals surface area contributed by atoms with E-state index in [-0.39, 0.29) is 24.8 Å². The van der Waals surface area contributed by atoms with Crippen molar-refractivity contribution in [3.8, 4) is 0 Å². The number of hydrogen-bond acceptors (Lipinski definition) is 3. The molecule has 0 aliphatic carbocycles. The lowest BCUT2D eigenvalue weighted by Crippen LogP contribution is -3.00. The van der Waals surface area contributed by atoms with E-state index in [0.717, 1.165) is 19.1 Å². The molecule has 1 N–H and O–H groups in total. The van der Waals surface area contributed by atoms with Gasteiger partial charge in [-0.3, -0.25) is 4.90 Å². The first-order chi connectivity index (χ1) is 8.83. The summed E-state index contributed by atoms with van der Waals surface area (Å²) >= 11 is 1.80. The minimum atomic E-state index is 0. The van der Waals surface area contributed by atoms with Crippen molar-refractivity contribution in [3.63, 3.8) is 0 Å². The smallest absolute Gasteiger partial charge is 0.0221 e. The normalized spacial score (nSPS) is 18.4. The molecule has 1 saturated heterocycles. The van der Waals surface area contributed by atoms with Crippen LogP contribution in [0.25, 0.3) is 0 Å². The van der Waals surface area contributed by atoms with Crippen LogP contribution in [0.3, 0.4) is 0 Å². The molecule has 1 aromatic rings. The highest BCUT2D eigenvalue weighted by Crippen LogP contribution is 2.16. The predicted molar refractivity (Wildman–Crippen MR) is 80.2 cm³/mol. The molecular weight excluding hydrogens is 311 g/mol. The third-order valence-electron chi connectivity index (χ3n) is 3.77. The van der Waals surface area contributed by atoms with E-state index in [4.69, 9.17) is 0 Å². The second-order valence-corrected chi connectivity index (χ2v) is 5.78. The number of likely N-dealkylation sites (N-methyl/N-ethyl adjacent to an activating group) is 1. The molecule has 0 radical (unpaired) electrons. The van der Waals surface area contributed by atoms with Gasteiger partial charge in [0.2, 0.25) is 0 Å². The van der Waals surface area contributed by atoms with Gasteiger partial charge in [-0.1, -0.05) is 19.1 Å². The van der Waals surface area contributed by atoms with Crippen LogP contribution in [0.1, 0.15) is 25.3 Å². The Bertz CT molecular complexity index is 359. The molecule has 116 valence electrons. The Balaban J connectivity index is 0.00000180. The first-order valence-electron chi connectivity index (χ1n) is 6.91. The Morgan fingerprint density at radius 3 is 2.55 bits per heavy atom. The Labute approximate surface area is 139 Å². The molecule has 0 saturated carbocycles. The van der Waals surface area contributed by atoms with E-state index in [1.165, 1.54) is 36.4 Å². The summed E-state index contributed by atoms with van der Waals surface area (Å²) in [5.74, 6) is 0. The number of benzene rings is 1. The Morgan fingerprint density at radius 1 is 1.25 bits per heavy atom. The molecule has 2 rings (SSSR count). The molecule has 1 aromatic carbocycles. The monoisotopic (exact) mass is 334 g/mol. The Kier molecular flexibility index (Phi) is 10.8. The Hall–Kier alpha value is 0.0700. The first-order valence-corrected chi connectivity index (χ1v) is 8.13. The van der Waals surface area contributed by atoms with Crippen molar-refractivity contribution in [3.05, 3.63) is 29.8 Å². The predicted octanol–water partition coefficient (Wildman–Crippen LogP) is -3.01. The summed E-state index contributed by atoms with van der Waals surface area (Å²) in [4.78, 5) is 3.93. The fraction of sp³-hybridized carbons (Fsp3) is 0.600. The van der Waals surface area contributed by atoms with Crippen molar-refractivity contribution in [1.82, 2.24) is 10.2 Å². The van der Waals surface area contributed by atoms with E-state index in [9.17, 15) is 0 Å².